The quantitative estimate of drug-likeness (QED) is 0.654. The number of esters is 1. The fourth-order valence-electron chi connectivity index (χ4n) is 3.45. The molecular formula is C14H21NO2. The van der Waals surface area contributed by atoms with Gasteiger partial charge in [0.15, 0.2) is 11.4 Å². The summed E-state index contributed by atoms with van der Waals surface area (Å²) in [5.74, 6) is 1.14. The van der Waals surface area contributed by atoms with Gasteiger partial charge in [0.25, 0.3) is 0 Å². The maximum absolute atomic E-state index is 12.1. The Hall–Kier alpha value is -0.860. The molecule has 0 N–H and O–H groups in total. The van der Waals surface area contributed by atoms with Crippen LogP contribution in [0.4, 0.5) is 0 Å². The van der Waals surface area contributed by atoms with Gasteiger partial charge in [-0.25, -0.2) is 9.79 Å². The number of rotatable bonds is 1. The topological polar surface area (TPSA) is 38.7 Å². The van der Waals surface area contributed by atoms with Crippen LogP contribution < -0.4 is 0 Å². The Kier molecular flexibility index (Phi) is 2.93. The normalized spacial score (nSPS) is 29.2. The monoisotopic (exact) mass is 235 g/mol. The summed E-state index contributed by atoms with van der Waals surface area (Å²) >= 11 is 0. The van der Waals surface area contributed by atoms with Crippen molar-refractivity contribution >= 4 is 11.9 Å². The molecule has 1 aliphatic heterocycles. The third kappa shape index (κ3) is 2.00. The molecule has 3 aliphatic rings. The van der Waals surface area contributed by atoms with Crippen molar-refractivity contribution in [1.82, 2.24) is 0 Å². The van der Waals surface area contributed by atoms with E-state index in [2.05, 4.69) is 0 Å². The molecule has 0 radical (unpaired) electrons. The Morgan fingerprint density at radius 2 is 1.65 bits per heavy atom. The Morgan fingerprint density at radius 1 is 1.00 bits per heavy atom. The van der Waals surface area contributed by atoms with E-state index in [9.17, 15) is 4.79 Å². The molecule has 1 heterocycles. The minimum absolute atomic E-state index is 0.0576. The highest BCUT2D eigenvalue weighted by Gasteiger charge is 2.47. The lowest BCUT2D eigenvalue weighted by Crippen LogP contribution is -2.35. The fraction of sp³-hybridized carbons (Fsp3) is 0.857. The summed E-state index contributed by atoms with van der Waals surface area (Å²) < 4.78 is 5.51. The molecule has 0 unspecified atom stereocenters. The minimum Gasteiger partial charge on any atom is -0.410 e. The lowest BCUT2D eigenvalue weighted by Gasteiger charge is -2.25. The van der Waals surface area contributed by atoms with Crippen molar-refractivity contribution in [3.05, 3.63) is 0 Å². The zero-order valence-corrected chi connectivity index (χ0v) is 10.4. The number of hydrogen-bond donors (Lipinski definition) is 0. The fourth-order valence-corrected chi connectivity index (χ4v) is 3.45. The first-order chi connectivity index (χ1) is 8.30. The average molecular weight is 235 g/mol. The minimum atomic E-state index is -0.467. The molecule has 2 saturated carbocycles. The highest BCUT2D eigenvalue weighted by Crippen LogP contribution is 2.39. The molecule has 0 aromatic carbocycles. The van der Waals surface area contributed by atoms with Crippen LogP contribution in [0.25, 0.3) is 0 Å². The van der Waals surface area contributed by atoms with E-state index in [4.69, 9.17) is 9.73 Å². The summed E-state index contributed by atoms with van der Waals surface area (Å²) in [6.45, 7) is 0. The molecule has 3 rings (SSSR count). The molecule has 0 atom stereocenters. The van der Waals surface area contributed by atoms with Crippen molar-refractivity contribution < 1.29 is 9.53 Å². The number of cyclic esters (lactones) is 1. The van der Waals surface area contributed by atoms with Gasteiger partial charge in [-0.1, -0.05) is 38.5 Å². The molecule has 0 aromatic rings. The summed E-state index contributed by atoms with van der Waals surface area (Å²) in [6, 6.07) is 0. The Morgan fingerprint density at radius 3 is 2.35 bits per heavy atom. The van der Waals surface area contributed by atoms with Crippen LogP contribution in [-0.4, -0.2) is 17.4 Å². The summed E-state index contributed by atoms with van der Waals surface area (Å²) in [5.41, 5.74) is -0.467. The molecule has 3 nitrogen and oxygen atoms in total. The Bertz CT molecular complexity index is 336. The summed E-state index contributed by atoms with van der Waals surface area (Å²) in [7, 11) is 0. The van der Waals surface area contributed by atoms with Crippen molar-refractivity contribution in [3.63, 3.8) is 0 Å². The van der Waals surface area contributed by atoms with E-state index in [0.29, 0.717) is 5.92 Å². The first kappa shape index (κ1) is 11.2. The number of hydrogen-bond acceptors (Lipinski definition) is 3. The molecule has 17 heavy (non-hydrogen) atoms. The number of aliphatic imine (C=N–C) groups is 1. The molecule has 0 bridgehead atoms. The van der Waals surface area contributed by atoms with Crippen molar-refractivity contribution in [1.29, 1.82) is 0 Å². The average Bonchev–Trinajstić information content (AvgIpc) is 2.69. The highest BCUT2D eigenvalue weighted by atomic mass is 16.6. The van der Waals surface area contributed by atoms with Crippen LogP contribution in [0.2, 0.25) is 0 Å². The van der Waals surface area contributed by atoms with Crippen molar-refractivity contribution in [2.24, 2.45) is 10.9 Å². The van der Waals surface area contributed by atoms with Gasteiger partial charge >= 0.3 is 5.97 Å². The molecular weight excluding hydrogens is 214 g/mol. The van der Waals surface area contributed by atoms with Gasteiger partial charge in [-0.15, -0.1) is 0 Å². The molecule has 94 valence electrons. The number of nitrogens with zero attached hydrogens (tertiary/aromatic N) is 1. The maximum Gasteiger partial charge on any atom is 0.340 e. The van der Waals surface area contributed by atoms with Crippen LogP contribution in [0, 0.1) is 5.92 Å². The molecule has 3 heteroatoms. The third-order valence-electron chi connectivity index (χ3n) is 4.54. The zero-order valence-electron chi connectivity index (χ0n) is 10.4. The van der Waals surface area contributed by atoms with Gasteiger partial charge in [0.1, 0.15) is 0 Å². The number of ether oxygens (including phenoxy) is 1. The Balaban J connectivity index is 1.77. The Labute approximate surface area is 103 Å². The van der Waals surface area contributed by atoms with Gasteiger partial charge in [0.05, 0.1) is 0 Å². The van der Waals surface area contributed by atoms with Gasteiger partial charge in [-0.3, -0.25) is 0 Å². The van der Waals surface area contributed by atoms with E-state index in [0.717, 1.165) is 44.4 Å². The zero-order chi connectivity index (χ0) is 11.7. The van der Waals surface area contributed by atoms with Crippen molar-refractivity contribution in [2.45, 2.75) is 69.7 Å². The summed E-state index contributed by atoms with van der Waals surface area (Å²) in [6.07, 6.45) is 11.4. The maximum atomic E-state index is 12.1. The number of carbonyl (C=O) groups excluding carboxylic acids is 1. The predicted molar refractivity (Wildman–Crippen MR) is 65.9 cm³/mol. The van der Waals surface area contributed by atoms with Crippen LogP contribution in [0.3, 0.4) is 0 Å². The van der Waals surface area contributed by atoms with Gasteiger partial charge < -0.3 is 4.74 Å². The van der Waals surface area contributed by atoms with Gasteiger partial charge in [0, 0.05) is 5.92 Å². The van der Waals surface area contributed by atoms with Crippen molar-refractivity contribution in [2.75, 3.05) is 0 Å². The predicted octanol–water partition coefficient (Wildman–Crippen LogP) is 3.22. The van der Waals surface area contributed by atoms with Gasteiger partial charge in [-0.05, 0) is 25.7 Å². The van der Waals surface area contributed by atoms with E-state index in [1.165, 1.54) is 25.7 Å². The van der Waals surface area contributed by atoms with Gasteiger partial charge in [0.2, 0.25) is 0 Å². The van der Waals surface area contributed by atoms with Crippen LogP contribution in [-0.2, 0) is 9.53 Å². The van der Waals surface area contributed by atoms with E-state index in [1.807, 2.05) is 0 Å². The first-order valence-electron chi connectivity index (χ1n) is 7.12. The number of carbonyl (C=O) groups is 1. The SMILES string of the molecule is O=C1OC(C2CCCCC2)=NC12CCCCC2. The first-order valence-corrected chi connectivity index (χ1v) is 7.12. The molecule has 1 spiro atoms. The highest BCUT2D eigenvalue weighted by molar-refractivity contribution is 6.01. The second-order valence-corrected chi connectivity index (χ2v) is 5.77. The molecule has 0 amide bonds. The lowest BCUT2D eigenvalue weighted by molar-refractivity contribution is -0.140. The van der Waals surface area contributed by atoms with Crippen molar-refractivity contribution in [3.8, 4) is 0 Å². The second-order valence-electron chi connectivity index (χ2n) is 5.77. The third-order valence-corrected chi connectivity index (χ3v) is 4.54. The smallest absolute Gasteiger partial charge is 0.340 e. The van der Waals surface area contributed by atoms with E-state index < -0.39 is 5.54 Å². The van der Waals surface area contributed by atoms with Crippen LogP contribution in [0.1, 0.15) is 64.2 Å². The summed E-state index contributed by atoms with van der Waals surface area (Å²) in [5, 5.41) is 0. The van der Waals surface area contributed by atoms with E-state index >= 15 is 0 Å². The molecule has 0 saturated heterocycles. The van der Waals surface area contributed by atoms with Crippen LogP contribution >= 0.6 is 0 Å². The van der Waals surface area contributed by atoms with Crippen LogP contribution in [0.5, 0.6) is 0 Å². The molecule has 2 fully saturated rings. The van der Waals surface area contributed by atoms with E-state index in [1.54, 1.807) is 0 Å². The second kappa shape index (κ2) is 4.43. The molecule has 0 aromatic heterocycles. The largest absolute Gasteiger partial charge is 0.410 e. The standard InChI is InChI=1S/C14H21NO2/c16-13-14(9-5-2-6-10-14)15-12(17-13)11-7-3-1-4-8-11/h11H,1-10H2. The lowest BCUT2D eigenvalue weighted by atomic mass is 9.82. The van der Waals surface area contributed by atoms with Crippen LogP contribution in [0.15, 0.2) is 4.99 Å². The van der Waals surface area contributed by atoms with E-state index in [-0.39, 0.29) is 5.97 Å². The summed E-state index contributed by atoms with van der Waals surface area (Å²) in [4.78, 5) is 16.8. The molecule has 2 aliphatic carbocycles. The van der Waals surface area contributed by atoms with Gasteiger partial charge in [-0.2, -0.15) is 0 Å².